The minimum Gasteiger partial charge on any atom is -0.378 e. The summed E-state index contributed by atoms with van der Waals surface area (Å²) in [5, 5.41) is 0. The van der Waals surface area contributed by atoms with Crippen molar-refractivity contribution >= 4 is 5.95 Å². The van der Waals surface area contributed by atoms with Crippen LogP contribution in [0.1, 0.15) is 29.3 Å². The Balaban J connectivity index is 1.42. The first-order chi connectivity index (χ1) is 12.3. The number of aryl methyl sites for hydroxylation is 1. The van der Waals surface area contributed by atoms with Crippen molar-refractivity contribution in [3.8, 4) is 0 Å². The highest BCUT2D eigenvalue weighted by Crippen LogP contribution is 2.21. The first kappa shape index (κ1) is 16.5. The summed E-state index contributed by atoms with van der Waals surface area (Å²) in [6.45, 7) is 8.50. The second-order valence-electron chi connectivity index (χ2n) is 6.87. The summed E-state index contributed by atoms with van der Waals surface area (Å²) in [6.07, 6.45) is 4.13. The SMILES string of the molecule is CCc1ccc(CN2CCc3nc(N4CCOCC4)ncc3C2)cc1. The number of anilines is 1. The Bertz CT molecular complexity index is 710. The van der Waals surface area contributed by atoms with E-state index in [1.165, 1.54) is 22.4 Å². The lowest BCUT2D eigenvalue weighted by Gasteiger charge is -2.30. The van der Waals surface area contributed by atoms with Crippen LogP contribution in [-0.4, -0.2) is 47.7 Å². The third-order valence-corrected chi connectivity index (χ3v) is 5.13. The number of hydrogen-bond donors (Lipinski definition) is 0. The number of rotatable bonds is 4. The average molecular weight is 338 g/mol. The smallest absolute Gasteiger partial charge is 0.225 e. The molecule has 1 aromatic carbocycles. The Hall–Kier alpha value is -1.98. The first-order valence-electron chi connectivity index (χ1n) is 9.29. The van der Waals surface area contributed by atoms with Gasteiger partial charge in [0.15, 0.2) is 0 Å². The normalized spacial score (nSPS) is 18.2. The van der Waals surface area contributed by atoms with Crippen LogP contribution in [0.2, 0.25) is 0 Å². The molecule has 0 bridgehead atoms. The fourth-order valence-corrected chi connectivity index (χ4v) is 3.55. The van der Waals surface area contributed by atoms with Crippen LogP contribution in [0.15, 0.2) is 30.5 Å². The van der Waals surface area contributed by atoms with Crippen LogP contribution < -0.4 is 4.90 Å². The highest BCUT2D eigenvalue weighted by molar-refractivity contribution is 5.34. The Morgan fingerprint density at radius 3 is 2.56 bits per heavy atom. The standard InChI is InChI=1S/C20H26N4O/c1-2-16-3-5-17(6-4-16)14-23-8-7-19-18(15-23)13-21-20(22-19)24-9-11-25-12-10-24/h3-6,13H,2,7-12,14-15H2,1H3. The van der Waals surface area contributed by atoms with Crippen molar-refractivity contribution in [2.75, 3.05) is 37.7 Å². The maximum Gasteiger partial charge on any atom is 0.225 e. The zero-order valence-electron chi connectivity index (χ0n) is 14.9. The van der Waals surface area contributed by atoms with Crippen molar-refractivity contribution < 1.29 is 4.74 Å². The summed E-state index contributed by atoms with van der Waals surface area (Å²) < 4.78 is 5.42. The molecule has 0 radical (unpaired) electrons. The van der Waals surface area contributed by atoms with E-state index in [0.29, 0.717) is 0 Å². The summed E-state index contributed by atoms with van der Waals surface area (Å²) in [5.41, 5.74) is 5.27. The molecule has 1 aromatic heterocycles. The number of fused-ring (bicyclic) bond motifs is 1. The second kappa shape index (κ2) is 7.50. The van der Waals surface area contributed by atoms with Gasteiger partial charge in [0.1, 0.15) is 0 Å². The minimum absolute atomic E-state index is 0.769. The predicted octanol–water partition coefficient (Wildman–Crippen LogP) is 2.43. The molecule has 4 rings (SSSR count). The highest BCUT2D eigenvalue weighted by atomic mass is 16.5. The van der Waals surface area contributed by atoms with Crippen LogP contribution in [0.25, 0.3) is 0 Å². The lowest BCUT2D eigenvalue weighted by atomic mass is 10.1. The third-order valence-electron chi connectivity index (χ3n) is 5.13. The fourth-order valence-electron chi connectivity index (χ4n) is 3.55. The molecule has 1 saturated heterocycles. The molecule has 2 aliphatic heterocycles. The quantitative estimate of drug-likeness (QED) is 0.856. The molecular weight excluding hydrogens is 312 g/mol. The first-order valence-corrected chi connectivity index (χ1v) is 9.29. The minimum atomic E-state index is 0.769. The van der Waals surface area contributed by atoms with Gasteiger partial charge >= 0.3 is 0 Å². The summed E-state index contributed by atoms with van der Waals surface area (Å²) in [4.78, 5) is 14.2. The lowest BCUT2D eigenvalue weighted by Crippen LogP contribution is -2.38. The van der Waals surface area contributed by atoms with Crippen LogP contribution in [-0.2, 0) is 30.7 Å². The van der Waals surface area contributed by atoms with E-state index >= 15 is 0 Å². The number of benzene rings is 1. The van der Waals surface area contributed by atoms with Gasteiger partial charge < -0.3 is 9.64 Å². The molecule has 0 spiro atoms. The van der Waals surface area contributed by atoms with Crippen LogP contribution in [0.4, 0.5) is 5.95 Å². The van der Waals surface area contributed by atoms with Crippen molar-refractivity contribution in [3.63, 3.8) is 0 Å². The van der Waals surface area contributed by atoms with Gasteiger partial charge in [0.2, 0.25) is 5.95 Å². The van der Waals surface area contributed by atoms with Crippen molar-refractivity contribution in [2.45, 2.75) is 32.9 Å². The Kier molecular flexibility index (Phi) is 4.95. The summed E-state index contributed by atoms with van der Waals surface area (Å²) in [6, 6.07) is 8.99. The van der Waals surface area contributed by atoms with E-state index in [0.717, 1.165) is 64.7 Å². The molecule has 0 unspecified atom stereocenters. The molecular formula is C20H26N4O. The van der Waals surface area contributed by atoms with E-state index in [2.05, 4.69) is 46.0 Å². The van der Waals surface area contributed by atoms with Gasteiger partial charge in [-0.2, -0.15) is 0 Å². The predicted molar refractivity (Wildman–Crippen MR) is 98.7 cm³/mol. The Labute approximate surface area is 149 Å². The summed E-state index contributed by atoms with van der Waals surface area (Å²) in [7, 11) is 0. The van der Waals surface area contributed by atoms with Crippen molar-refractivity contribution in [1.29, 1.82) is 0 Å². The topological polar surface area (TPSA) is 41.5 Å². The van der Waals surface area contributed by atoms with E-state index < -0.39 is 0 Å². The Morgan fingerprint density at radius 2 is 1.80 bits per heavy atom. The maximum atomic E-state index is 5.42. The summed E-state index contributed by atoms with van der Waals surface area (Å²) in [5.74, 6) is 0.866. The molecule has 132 valence electrons. The number of ether oxygens (including phenoxy) is 1. The highest BCUT2D eigenvalue weighted by Gasteiger charge is 2.21. The van der Waals surface area contributed by atoms with E-state index in [4.69, 9.17) is 9.72 Å². The van der Waals surface area contributed by atoms with Gasteiger partial charge in [-0.15, -0.1) is 0 Å². The molecule has 0 amide bonds. The van der Waals surface area contributed by atoms with E-state index in [1.54, 1.807) is 0 Å². The van der Waals surface area contributed by atoms with Gasteiger partial charge in [-0.1, -0.05) is 31.2 Å². The van der Waals surface area contributed by atoms with E-state index in [1.807, 2.05) is 6.20 Å². The van der Waals surface area contributed by atoms with Gasteiger partial charge in [-0.25, -0.2) is 9.97 Å². The second-order valence-corrected chi connectivity index (χ2v) is 6.87. The van der Waals surface area contributed by atoms with Crippen molar-refractivity contribution in [3.05, 3.63) is 52.8 Å². The Morgan fingerprint density at radius 1 is 1.04 bits per heavy atom. The molecule has 0 N–H and O–H groups in total. The number of nitrogens with zero attached hydrogens (tertiary/aromatic N) is 4. The maximum absolute atomic E-state index is 5.42. The third kappa shape index (κ3) is 3.83. The molecule has 2 aromatic rings. The van der Waals surface area contributed by atoms with E-state index in [-0.39, 0.29) is 0 Å². The van der Waals surface area contributed by atoms with Gasteiger partial charge in [0.05, 0.1) is 18.9 Å². The molecule has 25 heavy (non-hydrogen) atoms. The van der Waals surface area contributed by atoms with Crippen LogP contribution in [0.3, 0.4) is 0 Å². The largest absolute Gasteiger partial charge is 0.378 e. The molecule has 0 aliphatic carbocycles. The number of hydrogen-bond acceptors (Lipinski definition) is 5. The van der Waals surface area contributed by atoms with Gasteiger partial charge in [0, 0.05) is 50.9 Å². The molecule has 1 fully saturated rings. The molecule has 2 aliphatic rings. The van der Waals surface area contributed by atoms with Crippen LogP contribution in [0, 0.1) is 0 Å². The van der Waals surface area contributed by atoms with Crippen molar-refractivity contribution in [1.82, 2.24) is 14.9 Å². The van der Waals surface area contributed by atoms with Crippen LogP contribution in [0.5, 0.6) is 0 Å². The van der Waals surface area contributed by atoms with Gasteiger partial charge in [0.25, 0.3) is 0 Å². The number of aromatic nitrogens is 2. The van der Waals surface area contributed by atoms with Gasteiger partial charge in [-0.05, 0) is 17.5 Å². The fraction of sp³-hybridized carbons (Fsp3) is 0.500. The molecule has 5 heteroatoms. The lowest BCUT2D eigenvalue weighted by molar-refractivity contribution is 0.122. The molecule has 0 saturated carbocycles. The van der Waals surface area contributed by atoms with E-state index in [9.17, 15) is 0 Å². The summed E-state index contributed by atoms with van der Waals surface area (Å²) >= 11 is 0. The molecule has 5 nitrogen and oxygen atoms in total. The molecule has 0 atom stereocenters. The number of morpholine rings is 1. The average Bonchev–Trinajstić information content (AvgIpc) is 2.69. The molecule has 3 heterocycles. The zero-order chi connectivity index (χ0) is 17.1. The monoisotopic (exact) mass is 338 g/mol. The van der Waals surface area contributed by atoms with Gasteiger partial charge in [-0.3, -0.25) is 4.90 Å². The van der Waals surface area contributed by atoms with Crippen molar-refractivity contribution in [2.24, 2.45) is 0 Å². The van der Waals surface area contributed by atoms with Crippen LogP contribution >= 0.6 is 0 Å². The zero-order valence-corrected chi connectivity index (χ0v) is 14.9.